The maximum atomic E-state index is 12.8. The second-order valence-corrected chi connectivity index (χ2v) is 6.32. The Hall–Kier alpha value is -3.21. The van der Waals surface area contributed by atoms with E-state index in [9.17, 15) is 9.59 Å². The number of hydrogen-bond acceptors (Lipinski definition) is 3. The van der Waals surface area contributed by atoms with E-state index >= 15 is 0 Å². The van der Waals surface area contributed by atoms with Crippen molar-refractivity contribution in [3.8, 4) is 5.69 Å². The van der Waals surface area contributed by atoms with Crippen molar-refractivity contribution in [1.82, 2.24) is 9.78 Å². The number of carbonyl (C=O) groups excluding carboxylic acids is 2. The Morgan fingerprint density at radius 1 is 0.923 bits per heavy atom. The van der Waals surface area contributed by atoms with E-state index in [0.717, 1.165) is 16.8 Å². The summed E-state index contributed by atoms with van der Waals surface area (Å²) in [7, 11) is 0. The van der Waals surface area contributed by atoms with E-state index in [4.69, 9.17) is 0 Å². The molecule has 0 saturated heterocycles. The van der Waals surface area contributed by atoms with Crippen molar-refractivity contribution in [1.29, 1.82) is 0 Å². The maximum absolute atomic E-state index is 12.8. The zero-order valence-corrected chi connectivity index (χ0v) is 15.3. The molecule has 0 aliphatic rings. The van der Waals surface area contributed by atoms with Crippen LogP contribution in [0.1, 0.15) is 32.9 Å². The van der Waals surface area contributed by atoms with E-state index in [1.807, 2.05) is 56.3 Å². The molecule has 0 bridgehead atoms. The highest BCUT2D eigenvalue weighted by atomic mass is 16.2. The SMILES string of the molecule is Cc1cccc(NC(=O)C(=O)c2c(C)nn(-c3ccccc3)c2C)c1C. The molecule has 2 aromatic carbocycles. The van der Waals surface area contributed by atoms with Crippen LogP contribution in [0, 0.1) is 27.7 Å². The standard InChI is InChI=1S/C21H21N3O2/c1-13-9-8-12-18(14(13)2)22-21(26)20(25)19-15(3)23-24(16(19)4)17-10-6-5-7-11-17/h5-12H,1-4H3,(H,22,26). The lowest BCUT2D eigenvalue weighted by Crippen LogP contribution is -2.24. The number of aryl methyl sites for hydroxylation is 2. The van der Waals surface area contributed by atoms with Gasteiger partial charge in [-0.05, 0) is 57.0 Å². The largest absolute Gasteiger partial charge is 0.319 e. The Bertz CT molecular complexity index is 988. The molecular formula is C21H21N3O2. The Labute approximate surface area is 152 Å². The lowest BCUT2D eigenvalue weighted by Gasteiger charge is -2.10. The van der Waals surface area contributed by atoms with Gasteiger partial charge in [0.15, 0.2) is 0 Å². The number of nitrogens with zero attached hydrogens (tertiary/aromatic N) is 2. The van der Waals surface area contributed by atoms with Crippen molar-refractivity contribution < 1.29 is 9.59 Å². The third-order valence-corrected chi connectivity index (χ3v) is 4.58. The number of ketones is 1. The van der Waals surface area contributed by atoms with E-state index in [2.05, 4.69) is 10.4 Å². The first kappa shape index (κ1) is 17.6. The summed E-state index contributed by atoms with van der Waals surface area (Å²) < 4.78 is 1.69. The highest BCUT2D eigenvalue weighted by molar-refractivity contribution is 6.47. The zero-order valence-electron chi connectivity index (χ0n) is 15.3. The van der Waals surface area contributed by atoms with Crippen molar-refractivity contribution in [2.75, 3.05) is 5.32 Å². The van der Waals surface area contributed by atoms with Crippen LogP contribution in [-0.4, -0.2) is 21.5 Å². The van der Waals surface area contributed by atoms with Crippen molar-refractivity contribution >= 4 is 17.4 Å². The van der Waals surface area contributed by atoms with E-state index in [0.29, 0.717) is 22.6 Å². The summed E-state index contributed by atoms with van der Waals surface area (Å²) in [5, 5.41) is 7.17. The van der Waals surface area contributed by atoms with E-state index in [1.165, 1.54) is 0 Å². The zero-order chi connectivity index (χ0) is 18.8. The lowest BCUT2D eigenvalue weighted by atomic mass is 10.1. The minimum atomic E-state index is -0.655. The summed E-state index contributed by atoms with van der Waals surface area (Å²) in [5.41, 5.74) is 5.02. The third kappa shape index (κ3) is 3.16. The van der Waals surface area contributed by atoms with Gasteiger partial charge in [0, 0.05) is 5.69 Å². The predicted molar refractivity (Wildman–Crippen MR) is 102 cm³/mol. The van der Waals surface area contributed by atoms with E-state index in [-0.39, 0.29) is 0 Å². The number of aromatic nitrogens is 2. The van der Waals surface area contributed by atoms with Gasteiger partial charge in [0.25, 0.3) is 11.7 Å². The number of benzene rings is 2. The molecule has 0 fully saturated rings. The Kier molecular flexibility index (Phi) is 4.71. The molecule has 1 amide bonds. The average molecular weight is 347 g/mol. The van der Waals surface area contributed by atoms with Gasteiger partial charge >= 0.3 is 0 Å². The van der Waals surface area contributed by atoms with Crippen LogP contribution in [0.4, 0.5) is 5.69 Å². The number of anilines is 1. The molecule has 1 aromatic heterocycles. The number of Topliss-reactive ketones (excluding diaryl/α,β-unsaturated/α-hetero) is 1. The molecule has 5 nitrogen and oxygen atoms in total. The van der Waals surface area contributed by atoms with Gasteiger partial charge in [0.1, 0.15) is 0 Å². The van der Waals surface area contributed by atoms with Crippen LogP contribution in [-0.2, 0) is 4.79 Å². The van der Waals surface area contributed by atoms with Gasteiger partial charge in [0.2, 0.25) is 0 Å². The first-order valence-corrected chi connectivity index (χ1v) is 8.43. The quantitative estimate of drug-likeness (QED) is 0.574. The van der Waals surface area contributed by atoms with Gasteiger partial charge in [-0.1, -0.05) is 30.3 Å². The Balaban J connectivity index is 1.92. The Morgan fingerprint density at radius 2 is 1.62 bits per heavy atom. The van der Waals surface area contributed by atoms with Crippen molar-refractivity contribution in [3.63, 3.8) is 0 Å². The minimum absolute atomic E-state index is 0.344. The second-order valence-electron chi connectivity index (χ2n) is 6.32. The summed E-state index contributed by atoms with van der Waals surface area (Å²) in [5.74, 6) is -1.24. The minimum Gasteiger partial charge on any atom is -0.319 e. The number of para-hydroxylation sites is 1. The molecule has 0 aliphatic heterocycles. The fourth-order valence-electron chi connectivity index (χ4n) is 2.97. The van der Waals surface area contributed by atoms with Gasteiger partial charge in [-0.2, -0.15) is 5.10 Å². The summed E-state index contributed by atoms with van der Waals surface area (Å²) in [6.07, 6.45) is 0. The molecule has 26 heavy (non-hydrogen) atoms. The fraction of sp³-hybridized carbons (Fsp3) is 0.190. The first-order chi connectivity index (χ1) is 12.4. The smallest absolute Gasteiger partial charge is 0.296 e. The first-order valence-electron chi connectivity index (χ1n) is 8.43. The molecule has 0 saturated carbocycles. The fourth-order valence-corrected chi connectivity index (χ4v) is 2.97. The predicted octanol–water partition coefficient (Wildman–Crippen LogP) is 3.93. The van der Waals surface area contributed by atoms with Crippen LogP contribution in [0.3, 0.4) is 0 Å². The highest BCUT2D eigenvalue weighted by Crippen LogP contribution is 2.21. The highest BCUT2D eigenvalue weighted by Gasteiger charge is 2.25. The van der Waals surface area contributed by atoms with Gasteiger partial charge in [-0.3, -0.25) is 9.59 Å². The third-order valence-electron chi connectivity index (χ3n) is 4.58. The molecule has 1 N–H and O–H groups in total. The number of carbonyl (C=O) groups is 2. The van der Waals surface area contributed by atoms with E-state index < -0.39 is 11.7 Å². The van der Waals surface area contributed by atoms with Crippen molar-refractivity contribution in [2.45, 2.75) is 27.7 Å². The van der Waals surface area contributed by atoms with E-state index in [1.54, 1.807) is 24.6 Å². The van der Waals surface area contributed by atoms with Gasteiger partial charge < -0.3 is 5.32 Å². The normalized spacial score (nSPS) is 10.6. The average Bonchev–Trinajstić information content (AvgIpc) is 2.93. The van der Waals surface area contributed by atoms with Gasteiger partial charge in [-0.15, -0.1) is 0 Å². The van der Waals surface area contributed by atoms with Crippen LogP contribution in [0.25, 0.3) is 5.69 Å². The topological polar surface area (TPSA) is 64.0 Å². The van der Waals surface area contributed by atoms with Gasteiger partial charge in [-0.25, -0.2) is 4.68 Å². The number of nitrogens with one attached hydrogen (secondary N) is 1. The molecule has 0 spiro atoms. The van der Waals surface area contributed by atoms with Crippen LogP contribution in [0.15, 0.2) is 48.5 Å². The molecule has 0 atom stereocenters. The van der Waals surface area contributed by atoms with Crippen LogP contribution in [0.2, 0.25) is 0 Å². The molecule has 0 unspecified atom stereocenters. The summed E-state index contributed by atoms with van der Waals surface area (Å²) in [4.78, 5) is 25.3. The molecule has 3 rings (SSSR count). The second kappa shape index (κ2) is 6.96. The molecule has 5 heteroatoms. The lowest BCUT2D eigenvalue weighted by molar-refractivity contribution is -0.112. The molecule has 1 heterocycles. The van der Waals surface area contributed by atoms with Crippen molar-refractivity contribution in [2.24, 2.45) is 0 Å². The molecular weight excluding hydrogens is 326 g/mol. The van der Waals surface area contributed by atoms with Crippen molar-refractivity contribution in [3.05, 3.63) is 76.6 Å². The van der Waals surface area contributed by atoms with Gasteiger partial charge in [0.05, 0.1) is 22.6 Å². The van der Waals surface area contributed by atoms with Crippen LogP contribution < -0.4 is 5.32 Å². The number of amides is 1. The molecule has 0 radical (unpaired) electrons. The Morgan fingerprint density at radius 3 is 2.31 bits per heavy atom. The maximum Gasteiger partial charge on any atom is 0.296 e. The monoisotopic (exact) mass is 347 g/mol. The summed E-state index contributed by atoms with van der Waals surface area (Å²) >= 11 is 0. The summed E-state index contributed by atoms with van der Waals surface area (Å²) in [6, 6.07) is 15.1. The van der Waals surface area contributed by atoms with Crippen LogP contribution >= 0.6 is 0 Å². The molecule has 0 aliphatic carbocycles. The van der Waals surface area contributed by atoms with Crippen LogP contribution in [0.5, 0.6) is 0 Å². The molecule has 3 aromatic rings. The number of rotatable bonds is 4. The number of hydrogen-bond donors (Lipinski definition) is 1. The summed E-state index contributed by atoms with van der Waals surface area (Å²) in [6.45, 7) is 7.42. The molecule has 132 valence electrons.